The third kappa shape index (κ3) is 1.86. The highest BCUT2D eigenvalue weighted by molar-refractivity contribution is 5.85. The van der Waals surface area contributed by atoms with Gasteiger partial charge < -0.3 is 9.52 Å². The number of hydrogen-bond acceptors (Lipinski definition) is 4. The van der Waals surface area contributed by atoms with E-state index < -0.39 is 0 Å². The molecule has 0 atom stereocenters. The van der Waals surface area contributed by atoms with Gasteiger partial charge in [0.15, 0.2) is 0 Å². The zero-order chi connectivity index (χ0) is 14.1. The quantitative estimate of drug-likeness (QED) is 0.725. The first-order valence-corrected chi connectivity index (χ1v) is 5.88. The summed E-state index contributed by atoms with van der Waals surface area (Å²) in [6.07, 6.45) is 0. The van der Waals surface area contributed by atoms with Crippen molar-refractivity contribution in [1.82, 2.24) is 0 Å². The van der Waals surface area contributed by atoms with E-state index >= 15 is 0 Å². The number of rotatable bonds is 1. The van der Waals surface area contributed by atoms with Gasteiger partial charge in [-0.05, 0) is 42.5 Å². The summed E-state index contributed by atoms with van der Waals surface area (Å²) < 4.78 is 5.66. The lowest BCUT2D eigenvalue weighted by Crippen LogP contribution is -1.78. The van der Waals surface area contributed by atoms with Crippen LogP contribution in [0.25, 0.3) is 22.3 Å². The van der Waals surface area contributed by atoms with Crippen molar-refractivity contribution in [1.29, 1.82) is 10.5 Å². The van der Waals surface area contributed by atoms with Crippen molar-refractivity contribution in [3.05, 3.63) is 53.6 Å². The summed E-state index contributed by atoms with van der Waals surface area (Å²) in [5.74, 6) is 0.487. The standard InChI is InChI=1S/C16H8N2O2/c17-8-10-2-4-13(14(19)5-10)16-7-12-3-1-11(9-18)6-15(12)20-16/h1-7,19H. The van der Waals surface area contributed by atoms with E-state index in [1.54, 1.807) is 36.4 Å². The summed E-state index contributed by atoms with van der Waals surface area (Å²) in [6.45, 7) is 0. The number of nitriles is 2. The number of hydrogen-bond donors (Lipinski definition) is 1. The van der Waals surface area contributed by atoms with E-state index in [9.17, 15) is 5.11 Å². The Kier molecular flexibility index (Phi) is 2.64. The highest BCUT2D eigenvalue weighted by Gasteiger charge is 2.11. The molecule has 0 saturated heterocycles. The molecule has 4 heteroatoms. The second-order valence-electron chi connectivity index (χ2n) is 4.32. The summed E-state index contributed by atoms with van der Waals surface area (Å²) in [4.78, 5) is 0. The fourth-order valence-electron chi connectivity index (χ4n) is 2.04. The molecular weight excluding hydrogens is 252 g/mol. The van der Waals surface area contributed by atoms with Crippen LogP contribution in [-0.2, 0) is 0 Å². The number of benzene rings is 2. The molecule has 0 radical (unpaired) electrons. The smallest absolute Gasteiger partial charge is 0.139 e. The number of fused-ring (bicyclic) bond motifs is 1. The number of phenolic OH excluding ortho intramolecular Hbond substituents is 1. The van der Waals surface area contributed by atoms with E-state index in [4.69, 9.17) is 14.9 Å². The molecule has 0 amide bonds. The van der Waals surface area contributed by atoms with Gasteiger partial charge in [0.25, 0.3) is 0 Å². The van der Waals surface area contributed by atoms with Crippen LogP contribution in [0.5, 0.6) is 5.75 Å². The average Bonchev–Trinajstić information content (AvgIpc) is 2.89. The number of furan rings is 1. The zero-order valence-corrected chi connectivity index (χ0v) is 10.3. The largest absolute Gasteiger partial charge is 0.507 e. The molecular formula is C16H8N2O2. The molecule has 3 rings (SSSR count). The molecule has 0 aliphatic rings. The summed E-state index contributed by atoms with van der Waals surface area (Å²) in [6, 6.07) is 15.6. The monoisotopic (exact) mass is 260 g/mol. The molecule has 94 valence electrons. The molecule has 0 fully saturated rings. The molecule has 1 heterocycles. The summed E-state index contributed by atoms with van der Waals surface area (Å²) in [5, 5.41) is 28.4. The average molecular weight is 260 g/mol. The molecule has 0 bridgehead atoms. The fraction of sp³-hybridized carbons (Fsp3) is 0. The minimum Gasteiger partial charge on any atom is -0.507 e. The molecule has 4 nitrogen and oxygen atoms in total. The van der Waals surface area contributed by atoms with Crippen LogP contribution in [0.15, 0.2) is 46.9 Å². The summed E-state index contributed by atoms with van der Waals surface area (Å²) in [5.41, 5.74) is 2.00. The third-order valence-corrected chi connectivity index (χ3v) is 3.04. The number of aromatic hydroxyl groups is 1. The Morgan fingerprint density at radius 3 is 2.30 bits per heavy atom. The number of nitrogens with zero attached hydrogens (tertiary/aromatic N) is 2. The van der Waals surface area contributed by atoms with Crippen LogP contribution >= 0.6 is 0 Å². The van der Waals surface area contributed by atoms with Gasteiger partial charge in [0, 0.05) is 5.39 Å². The van der Waals surface area contributed by atoms with Crippen molar-refractivity contribution in [3.63, 3.8) is 0 Å². The predicted octanol–water partition coefficient (Wildman–Crippen LogP) is 3.55. The molecule has 0 spiro atoms. The number of phenols is 1. The minimum absolute atomic E-state index is 0.0105. The van der Waals surface area contributed by atoms with Gasteiger partial charge in [0.1, 0.15) is 17.1 Å². The topological polar surface area (TPSA) is 81.0 Å². The predicted molar refractivity (Wildman–Crippen MR) is 72.7 cm³/mol. The van der Waals surface area contributed by atoms with Crippen LogP contribution in [0.1, 0.15) is 11.1 Å². The molecule has 1 aromatic heterocycles. The molecule has 20 heavy (non-hydrogen) atoms. The normalized spacial score (nSPS) is 10.1. The van der Waals surface area contributed by atoms with Gasteiger partial charge in [-0.2, -0.15) is 10.5 Å². The lowest BCUT2D eigenvalue weighted by molar-refractivity contribution is 0.474. The van der Waals surface area contributed by atoms with Gasteiger partial charge in [-0.3, -0.25) is 0 Å². The van der Waals surface area contributed by atoms with E-state index in [2.05, 4.69) is 0 Å². The summed E-state index contributed by atoms with van der Waals surface area (Å²) >= 11 is 0. The van der Waals surface area contributed by atoms with Gasteiger partial charge in [-0.15, -0.1) is 0 Å². The van der Waals surface area contributed by atoms with E-state index in [-0.39, 0.29) is 5.75 Å². The molecule has 2 aromatic carbocycles. The van der Waals surface area contributed by atoms with Gasteiger partial charge in [-0.1, -0.05) is 0 Å². The van der Waals surface area contributed by atoms with Crippen molar-refractivity contribution < 1.29 is 9.52 Å². The highest BCUT2D eigenvalue weighted by atomic mass is 16.3. The van der Waals surface area contributed by atoms with Crippen molar-refractivity contribution in [3.8, 4) is 29.2 Å². The van der Waals surface area contributed by atoms with Crippen LogP contribution in [-0.4, -0.2) is 5.11 Å². The summed E-state index contributed by atoms with van der Waals surface area (Å²) in [7, 11) is 0. The Bertz CT molecular complexity index is 895. The fourth-order valence-corrected chi connectivity index (χ4v) is 2.04. The van der Waals surface area contributed by atoms with Crippen molar-refractivity contribution in [2.24, 2.45) is 0 Å². The maximum atomic E-state index is 9.94. The van der Waals surface area contributed by atoms with Crippen LogP contribution < -0.4 is 0 Å². The second-order valence-corrected chi connectivity index (χ2v) is 4.32. The molecule has 0 unspecified atom stereocenters. The lowest BCUT2D eigenvalue weighted by Gasteiger charge is -2.00. The van der Waals surface area contributed by atoms with Gasteiger partial charge in [0.2, 0.25) is 0 Å². The molecule has 0 aliphatic heterocycles. The Balaban J connectivity index is 2.16. The zero-order valence-electron chi connectivity index (χ0n) is 10.3. The Morgan fingerprint density at radius 2 is 1.60 bits per heavy atom. The van der Waals surface area contributed by atoms with Gasteiger partial charge >= 0.3 is 0 Å². The first-order valence-electron chi connectivity index (χ1n) is 5.88. The second kappa shape index (κ2) is 4.46. The Hall–Kier alpha value is -3.24. The molecule has 3 aromatic rings. The van der Waals surface area contributed by atoms with Crippen molar-refractivity contribution >= 4 is 11.0 Å². The van der Waals surface area contributed by atoms with Crippen LogP contribution in [0.4, 0.5) is 0 Å². The van der Waals surface area contributed by atoms with Gasteiger partial charge in [0.05, 0.1) is 28.8 Å². The molecule has 0 aliphatic carbocycles. The maximum Gasteiger partial charge on any atom is 0.139 e. The van der Waals surface area contributed by atoms with Crippen LogP contribution in [0.2, 0.25) is 0 Å². The third-order valence-electron chi connectivity index (χ3n) is 3.04. The van der Waals surface area contributed by atoms with Gasteiger partial charge in [-0.25, -0.2) is 0 Å². The maximum absolute atomic E-state index is 9.94. The first kappa shape index (κ1) is 11.8. The SMILES string of the molecule is N#Cc1ccc(-c2cc3ccc(C#N)cc3o2)c(O)c1. The van der Waals surface area contributed by atoms with Crippen LogP contribution in [0, 0.1) is 22.7 Å². The van der Waals surface area contributed by atoms with Crippen LogP contribution in [0.3, 0.4) is 0 Å². The Labute approximate surface area is 114 Å². The highest BCUT2D eigenvalue weighted by Crippen LogP contribution is 2.34. The van der Waals surface area contributed by atoms with Crippen molar-refractivity contribution in [2.75, 3.05) is 0 Å². The van der Waals surface area contributed by atoms with E-state index in [1.165, 1.54) is 6.07 Å². The molecule has 1 N–H and O–H groups in total. The lowest BCUT2D eigenvalue weighted by atomic mass is 10.1. The Morgan fingerprint density at radius 1 is 0.900 bits per heavy atom. The molecule has 0 saturated carbocycles. The minimum atomic E-state index is -0.0105. The van der Waals surface area contributed by atoms with E-state index in [0.29, 0.717) is 28.0 Å². The van der Waals surface area contributed by atoms with E-state index in [1.807, 2.05) is 12.1 Å². The first-order chi connectivity index (χ1) is 9.71. The van der Waals surface area contributed by atoms with Crippen molar-refractivity contribution in [2.45, 2.75) is 0 Å². The van der Waals surface area contributed by atoms with E-state index in [0.717, 1.165) is 5.39 Å².